The quantitative estimate of drug-likeness (QED) is 0.658. The minimum Gasteiger partial charge on any atom is -0.378 e. The molecule has 1 aliphatic rings. The highest BCUT2D eigenvalue weighted by Crippen LogP contribution is 2.30. The second-order valence-electron chi connectivity index (χ2n) is 7.35. The van der Waals surface area contributed by atoms with Crippen LogP contribution in [0.5, 0.6) is 0 Å². The van der Waals surface area contributed by atoms with Crippen LogP contribution in [0.3, 0.4) is 0 Å². The maximum atomic E-state index is 5.50. The average Bonchev–Trinajstić information content (AvgIpc) is 2.72. The maximum Gasteiger partial charge on any atom is 0.229 e. The molecular weight excluding hydrogens is 362 g/mol. The first-order valence-corrected chi connectivity index (χ1v) is 9.98. The molecule has 6 heteroatoms. The summed E-state index contributed by atoms with van der Waals surface area (Å²) in [5.41, 5.74) is 6.49. The van der Waals surface area contributed by atoms with Gasteiger partial charge in [-0.1, -0.05) is 30.3 Å². The van der Waals surface area contributed by atoms with Crippen molar-refractivity contribution in [3.05, 3.63) is 65.4 Å². The average molecular weight is 390 g/mol. The Balaban J connectivity index is 1.61. The first-order valence-electron chi connectivity index (χ1n) is 9.98. The molecule has 0 bridgehead atoms. The molecule has 3 aromatic rings. The predicted molar refractivity (Wildman–Crippen MR) is 119 cm³/mol. The third kappa shape index (κ3) is 4.49. The van der Waals surface area contributed by atoms with Crippen LogP contribution in [0, 0.1) is 20.8 Å². The molecule has 0 aliphatic carbocycles. The third-order valence-corrected chi connectivity index (χ3v) is 5.09. The second-order valence-corrected chi connectivity index (χ2v) is 7.35. The fraction of sp³-hybridized carbons (Fsp3) is 0.304. The summed E-state index contributed by atoms with van der Waals surface area (Å²) in [6, 6.07) is 16.5. The highest BCUT2D eigenvalue weighted by molar-refractivity contribution is 5.75. The molecule has 0 radical (unpaired) electrons. The van der Waals surface area contributed by atoms with E-state index in [0.717, 1.165) is 54.9 Å². The van der Waals surface area contributed by atoms with Crippen molar-refractivity contribution in [2.45, 2.75) is 20.8 Å². The number of aryl methyl sites for hydroxylation is 3. The number of benzene rings is 2. The molecule has 4 rings (SSSR count). The molecule has 2 heterocycles. The van der Waals surface area contributed by atoms with E-state index in [1.807, 2.05) is 19.1 Å². The molecule has 1 fully saturated rings. The van der Waals surface area contributed by atoms with Gasteiger partial charge in [-0.15, -0.1) is 0 Å². The smallest absolute Gasteiger partial charge is 0.229 e. The summed E-state index contributed by atoms with van der Waals surface area (Å²) in [6.07, 6.45) is 0. The van der Waals surface area contributed by atoms with Crippen LogP contribution >= 0.6 is 0 Å². The van der Waals surface area contributed by atoms with E-state index >= 15 is 0 Å². The van der Waals surface area contributed by atoms with Crippen molar-refractivity contribution in [3.8, 4) is 0 Å². The lowest BCUT2D eigenvalue weighted by molar-refractivity contribution is 0.123. The van der Waals surface area contributed by atoms with E-state index < -0.39 is 0 Å². The normalized spacial score (nSPS) is 14.0. The number of aromatic nitrogens is 2. The molecule has 2 aromatic carbocycles. The number of nitrogens with zero attached hydrogens (tertiary/aromatic N) is 3. The van der Waals surface area contributed by atoms with Gasteiger partial charge in [-0.05, 0) is 44.0 Å². The summed E-state index contributed by atoms with van der Waals surface area (Å²) in [5, 5.41) is 6.89. The van der Waals surface area contributed by atoms with Gasteiger partial charge in [0.2, 0.25) is 5.95 Å². The lowest BCUT2D eigenvalue weighted by Crippen LogP contribution is -2.36. The van der Waals surface area contributed by atoms with Gasteiger partial charge in [-0.3, -0.25) is 0 Å². The Morgan fingerprint density at radius 1 is 0.862 bits per heavy atom. The zero-order chi connectivity index (χ0) is 20.2. The van der Waals surface area contributed by atoms with E-state index in [1.54, 1.807) is 0 Å². The fourth-order valence-corrected chi connectivity index (χ4v) is 3.61. The molecule has 1 aromatic heterocycles. The monoisotopic (exact) mass is 389 g/mol. The Morgan fingerprint density at radius 2 is 1.59 bits per heavy atom. The minimum absolute atomic E-state index is 0.591. The van der Waals surface area contributed by atoms with Gasteiger partial charge in [0.25, 0.3) is 0 Å². The summed E-state index contributed by atoms with van der Waals surface area (Å²) in [7, 11) is 0. The van der Waals surface area contributed by atoms with Gasteiger partial charge >= 0.3 is 0 Å². The molecule has 2 N–H and O–H groups in total. The Kier molecular flexibility index (Phi) is 5.62. The van der Waals surface area contributed by atoms with Gasteiger partial charge in [-0.2, -0.15) is 4.98 Å². The summed E-state index contributed by atoms with van der Waals surface area (Å²) in [4.78, 5) is 11.6. The van der Waals surface area contributed by atoms with E-state index in [2.05, 4.69) is 70.8 Å². The number of para-hydroxylation sites is 3. The predicted octanol–water partition coefficient (Wildman–Crippen LogP) is 4.73. The molecule has 29 heavy (non-hydrogen) atoms. The minimum atomic E-state index is 0.591. The molecular formula is C23H27N5O. The largest absolute Gasteiger partial charge is 0.378 e. The molecule has 0 saturated carbocycles. The summed E-state index contributed by atoms with van der Waals surface area (Å²) in [5.74, 6) is 1.36. The van der Waals surface area contributed by atoms with Crippen molar-refractivity contribution in [2.24, 2.45) is 0 Å². The third-order valence-electron chi connectivity index (χ3n) is 5.09. The van der Waals surface area contributed by atoms with Crippen molar-refractivity contribution in [1.82, 2.24) is 9.97 Å². The maximum absolute atomic E-state index is 5.50. The van der Waals surface area contributed by atoms with Crippen LogP contribution in [0.2, 0.25) is 0 Å². The highest BCUT2D eigenvalue weighted by Gasteiger charge is 2.15. The molecule has 0 unspecified atom stereocenters. The number of hydrogen-bond acceptors (Lipinski definition) is 6. The van der Waals surface area contributed by atoms with Gasteiger partial charge in [-0.25, -0.2) is 4.98 Å². The molecule has 0 atom stereocenters. The van der Waals surface area contributed by atoms with Crippen molar-refractivity contribution in [1.29, 1.82) is 0 Å². The SMILES string of the molecule is Cc1cc(Nc2ccccc2N2CCOCC2)nc(Nc2c(C)cccc2C)n1. The Hall–Kier alpha value is -3.12. The number of ether oxygens (including phenoxy) is 1. The van der Waals surface area contributed by atoms with Crippen molar-refractivity contribution < 1.29 is 4.74 Å². The molecule has 6 nitrogen and oxygen atoms in total. The van der Waals surface area contributed by atoms with Gasteiger partial charge in [0.1, 0.15) is 5.82 Å². The van der Waals surface area contributed by atoms with E-state index in [1.165, 1.54) is 11.1 Å². The summed E-state index contributed by atoms with van der Waals surface area (Å²) in [6.45, 7) is 9.44. The number of nitrogens with one attached hydrogen (secondary N) is 2. The van der Waals surface area contributed by atoms with Crippen LogP contribution < -0.4 is 15.5 Å². The molecule has 0 spiro atoms. The van der Waals surface area contributed by atoms with Crippen molar-refractivity contribution in [2.75, 3.05) is 41.8 Å². The Labute approximate surface area is 172 Å². The van der Waals surface area contributed by atoms with Crippen molar-refractivity contribution in [3.63, 3.8) is 0 Å². The molecule has 1 saturated heterocycles. The van der Waals surface area contributed by atoms with Gasteiger partial charge < -0.3 is 20.3 Å². The number of anilines is 5. The second kappa shape index (κ2) is 8.49. The van der Waals surface area contributed by atoms with E-state index in [9.17, 15) is 0 Å². The van der Waals surface area contributed by atoms with Crippen molar-refractivity contribution >= 4 is 28.8 Å². The Bertz CT molecular complexity index is 978. The number of morpholine rings is 1. The standard InChI is InChI=1S/C23H27N5O/c1-16-7-6-8-17(2)22(16)27-23-24-18(3)15-21(26-23)25-19-9-4-5-10-20(19)28-11-13-29-14-12-28/h4-10,15H,11-14H2,1-3H3,(H2,24,25,26,27). The lowest BCUT2D eigenvalue weighted by Gasteiger charge is -2.30. The van der Waals surface area contributed by atoms with Gasteiger partial charge in [0, 0.05) is 30.5 Å². The van der Waals surface area contributed by atoms with Crippen LogP contribution in [-0.4, -0.2) is 36.3 Å². The van der Waals surface area contributed by atoms with Gasteiger partial charge in [0.15, 0.2) is 0 Å². The first-order chi connectivity index (χ1) is 14.1. The van der Waals surface area contributed by atoms with Crippen LogP contribution in [-0.2, 0) is 4.74 Å². The van der Waals surface area contributed by atoms with Crippen LogP contribution in [0.25, 0.3) is 0 Å². The summed E-state index contributed by atoms with van der Waals surface area (Å²) < 4.78 is 5.50. The zero-order valence-electron chi connectivity index (χ0n) is 17.2. The van der Waals surface area contributed by atoms with Gasteiger partial charge in [0.05, 0.1) is 24.6 Å². The van der Waals surface area contributed by atoms with E-state index in [4.69, 9.17) is 9.72 Å². The Morgan fingerprint density at radius 3 is 2.34 bits per heavy atom. The topological polar surface area (TPSA) is 62.3 Å². The first kappa shape index (κ1) is 19.2. The number of hydrogen-bond donors (Lipinski definition) is 2. The van der Waals surface area contributed by atoms with E-state index in [-0.39, 0.29) is 0 Å². The molecule has 1 aliphatic heterocycles. The van der Waals surface area contributed by atoms with Crippen LogP contribution in [0.4, 0.5) is 28.8 Å². The van der Waals surface area contributed by atoms with Crippen LogP contribution in [0.1, 0.15) is 16.8 Å². The van der Waals surface area contributed by atoms with Crippen LogP contribution in [0.15, 0.2) is 48.5 Å². The molecule has 150 valence electrons. The van der Waals surface area contributed by atoms with E-state index in [0.29, 0.717) is 5.95 Å². The zero-order valence-corrected chi connectivity index (χ0v) is 17.2. The summed E-state index contributed by atoms with van der Waals surface area (Å²) >= 11 is 0. The number of rotatable bonds is 5. The highest BCUT2D eigenvalue weighted by atomic mass is 16.5. The molecule has 0 amide bonds. The fourth-order valence-electron chi connectivity index (χ4n) is 3.61. The lowest BCUT2D eigenvalue weighted by atomic mass is 10.1.